The van der Waals surface area contributed by atoms with Gasteiger partial charge in [0.1, 0.15) is 10.7 Å². The molecular formula is C6H5N3S. The number of nitrogens with one attached hydrogen (secondary N) is 1. The highest BCUT2D eigenvalue weighted by atomic mass is 32.1. The molecule has 0 bridgehead atoms. The highest BCUT2D eigenvalue weighted by Gasteiger charge is 2.21. The molecule has 0 saturated carbocycles. The van der Waals surface area contributed by atoms with Crippen LogP contribution >= 0.6 is 12.2 Å². The lowest BCUT2D eigenvalue weighted by Gasteiger charge is -2.11. The first kappa shape index (κ1) is 5.73. The molecule has 1 atom stereocenters. The number of allylic oxidation sites excluding steroid dienone is 1. The van der Waals surface area contributed by atoms with Gasteiger partial charge in [-0.2, -0.15) is 10.2 Å². The summed E-state index contributed by atoms with van der Waals surface area (Å²) in [6, 6.07) is 0. The third-order valence-corrected chi connectivity index (χ3v) is 1.79. The highest BCUT2D eigenvalue weighted by Crippen LogP contribution is 2.10. The van der Waals surface area contributed by atoms with Crippen LogP contribution in [0.5, 0.6) is 0 Å². The van der Waals surface area contributed by atoms with E-state index < -0.39 is 0 Å². The van der Waals surface area contributed by atoms with Crippen LogP contribution in [0, 0.1) is 5.92 Å². The van der Waals surface area contributed by atoms with Gasteiger partial charge in [-0.25, -0.2) is 0 Å². The van der Waals surface area contributed by atoms with Crippen molar-refractivity contribution in [1.82, 2.24) is 5.32 Å². The molecule has 3 nitrogen and oxygen atoms in total. The van der Waals surface area contributed by atoms with Gasteiger partial charge in [-0.1, -0.05) is 18.3 Å². The predicted octanol–water partition coefficient (Wildman–Crippen LogP) is 0.487. The molecule has 0 aromatic heterocycles. The van der Waals surface area contributed by atoms with Crippen LogP contribution in [0.4, 0.5) is 0 Å². The number of fused-ring (bicyclic) bond motifs is 1. The zero-order valence-electron chi connectivity index (χ0n) is 5.11. The van der Waals surface area contributed by atoms with Crippen LogP contribution in [0.15, 0.2) is 22.5 Å². The lowest BCUT2D eigenvalue weighted by atomic mass is 10.0. The molecular weight excluding hydrogens is 146 g/mol. The fourth-order valence-electron chi connectivity index (χ4n) is 0.944. The average molecular weight is 151 g/mol. The minimum atomic E-state index is 0.216. The maximum atomic E-state index is 4.97. The Morgan fingerprint density at radius 2 is 2.50 bits per heavy atom. The van der Waals surface area contributed by atoms with Crippen molar-refractivity contribution in [3.63, 3.8) is 0 Å². The van der Waals surface area contributed by atoms with Crippen LogP contribution in [0.1, 0.15) is 0 Å². The summed E-state index contributed by atoms with van der Waals surface area (Å²) in [6.07, 6.45) is 5.58. The second-order valence-corrected chi connectivity index (χ2v) is 2.52. The second-order valence-electron chi connectivity index (χ2n) is 2.11. The van der Waals surface area contributed by atoms with Crippen LogP contribution in [0.2, 0.25) is 0 Å². The molecule has 10 heavy (non-hydrogen) atoms. The number of hydrogen-bond acceptors (Lipinski definition) is 3. The summed E-state index contributed by atoms with van der Waals surface area (Å²) in [6.45, 7) is 0. The molecule has 0 amide bonds. The fraction of sp³-hybridized carbons (Fsp3) is 0.167. The van der Waals surface area contributed by atoms with Gasteiger partial charge in [0.2, 0.25) is 0 Å². The van der Waals surface area contributed by atoms with Gasteiger partial charge in [-0.15, -0.1) is 0 Å². The predicted molar refractivity (Wildman–Crippen MR) is 44.3 cm³/mol. The topological polar surface area (TPSA) is 36.8 Å². The molecule has 2 rings (SSSR count). The molecule has 50 valence electrons. The minimum absolute atomic E-state index is 0.216. The molecule has 0 aromatic rings. The van der Waals surface area contributed by atoms with E-state index in [1.54, 1.807) is 6.21 Å². The Labute approximate surface area is 63.5 Å². The van der Waals surface area contributed by atoms with E-state index in [4.69, 9.17) is 12.2 Å². The van der Waals surface area contributed by atoms with Crippen LogP contribution in [-0.2, 0) is 0 Å². The Bertz CT molecular complexity index is 264. The van der Waals surface area contributed by atoms with Crippen LogP contribution in [0.25, 0.3) is 0 Å². The van der Waals surface area contributed by atoms with Gasteiger partial charge in [0, 0.05) is 6.21 Å². The van der Waals surface area contributed by atoms with E-state index in [1.807, 2.05) is 12.3 Å². The van der Waals surface area contributed by atoms with Crippen molar-refractivity contribution >= 4 is 29.1 Å². The van der Waals surface area contributed by atoms with Crippen molar-refractivity contribution < 1.29 is 0 Å². The van der Waals surface area contributed by atoms with Gasteiger partial charge in [-0.05, 0) is 6.20 Å². The van der Waals surface area contributed by atoms with Crippen molar-refractivity contribution in [2.24, 2.45) is 16.1 Å². The van der Waals surface area contributed by atoms with Gasteiger partial charge < -0.3 is 5.32 Å². The molecule has 0 saturated heterocycles. The summed E-state index contributed by atoms with van der Waals surface area (Å²) in [4.78, 5) is 0.685. The van der Waals surface area contributed by atoms with Crippen molar-refractivity contribution in [2.45, 2.75) is 0 Å². The first-order chi connectivity index (χ1) is 4.88. The lowest BCUT2D eigenvalue weighted by molar-refractivity contribution is 1.17. The Hall–Kier alpha value is -1.03. The Morgan fingerprint density at radius 1 is 1.60 bits per heavy atom. The fourth-order valence-corrected chi connectivity index (χ4v) is 1.19. The monoisotopic (exact) mass is 151 g/mol. The van der Waals surface area contributed by atoms with Gasteiger partial charge >= 0.3 is 0 Å². The Balaban J connectivity index is 2.41. The summed E-state index contributed by atoms with van der Waals surface area (Å²) >= 11 is 4.97. The third kappa shape index (κ3) is 0.690. The van der Waals surface area contributed by atoms with Crippen LogP contribution < -0.4 is 5.32 Å². The molecule has 0 aromatic carbocycles. The van der Waals surface area contributed by atoms with E-state index >= 15 is 0 Å². The van der Waals surface area contributed by atoms with Crippen molar-refractivity contribution in [3.8, 4) is 0 Å². The third-order valence-electron chi connectivity index (χ3n) is 1.46. The average Bonchev–Trinajstić information content (AvgIpc) is 2.36. The Kier molecular flexibility index (Phi) is 1.14. The number of nitrogens with zero attached hydrogens (tertiary/aromatic N) is 2. The number of thiocarbonyl (C=S) groups is 1. The molecule has 0 radical (unpaired) electrons. The van der Waals surface area contributed by atoms with E-state index in [-0.39, 0.29) is 5.92 Å². The molecule has 1 N–H and O–H groups in total. The van der Waals surface area contributed by atoms with E-state index in [2.05, 4.69) is 15.5 Å². The summed E-state index contributed by atoms with van der Waals surface area (Å²) < 4.78 is 0. The van der Waals surface area contributed by atoms with Crippen LogP contribution in [0.3, 0.4) is 0 Å². The molecule has 2 aliphatic heterocycles. The molecule has 2 aliphatic rings. The summed E-state index contributed by atoms with van der Waals surface area (Å²) in [5, 5.41) is 10.5. The SMILES string of the molecule is S=C1NC=CC2C=NN=C12. The van der Waals surface area contributed by atoms with Crippen molar-refractivity contribution in [2.75, 3.05) is 0 Å². The maximum Gasteiger partial charge on any atom is 0.127 e. The van der Waals surface area contributed by atoms with E-state index in [0.717, 1.165) is 5.71 Å². The van der Waals surface area contributed by atoms with E-state index in [0.29, 0.717) is 4.99 Å². The first-order valence-electron chi connectivity index (χ1n) is 2.96. The number of rotatable bonds is 0. The van der Waals surface area contributed by atoms with Gasteiger partial charge in [0.05, 0.1) is 5.92 Å². The Morgan fingerprint density at radius 3 is 3.30 bits per heavy atom. The summed E-state index contributed by atoms with van der Waals surface area (Å²) in [5.41, 5.74) is 0.859. The normalized spacial score (nSPS) is 27.8. The minimum Gasteiger partial charge on any atom is -0.352 e. The van der Waals surface area contributed by atoms with Crippen molar-refractivity contribution in [1.29, 1.82) is 0 Å². The molecule has 2 heterocycles. The lowest BCUT2D eigenvalue weighted by Crippen LogP contribution is -2.33. The van der Waals surface area contributed by atoms with Gasteiger partial charge in [-0.3, -0.25) is 0 Å². The summed E-state index contributed by atoms with van der Waals surface area (Å²) in [7, 11) is 0. The second kappa shape index (κ2) is 1.98. The molecule has 0 spiro atoms. The smallest absolute Gasteiger partial charge is 0.127 e. The first-order valence-corrected chi connectivity index (χ1v) is 3.37. The zero-order chi connectivity index (χ0) is 6.97. The quantitative estimate of drug-likeness (QED) is 0.511. The van der Waals surface area contributed by atoms with E-state index in [9.17, 15) is 0 Å². The largest absolute Gasteiger partial charge is 0.352 e. The highest BCUT2D eigenvalue weighted by molar-refractivity contribution is 7.82. The molecule has 0 aliphatic carbocycles. The molecule has 1 unspecified atom stereocenters. The molecule has 0 fully saturated rings. The van der Waals surface area contributed by atoms with Crippen LogP contribution in [-0.4, -0.2) is 16.9 Å². The van der Waals surface area contributed by atoms with E-state index in [1.165, 1.54) is 0 Å². The maximum absolute atomic E-state index is 4.97. The summed E-state index contributed by atoms with van der Waals surface area (Å²) in [5.74, 6) is 0.216. The number of hydrogen-bond donors (Lipinski definition) is 1. The zero-order valence-corrected chi connectivity index (χ0v) is 5.93. The van der Waals surface area contributed by atoms with Gasteiger partial charge in [0.15, 0.2) is 0 Å². The standard InChI is InChI=1S/C6H5N3S/c10-6-5-4(1-2-7-6)3-8-9-5/h1-4H,(H,7,10). The molecule has 4 heteroatoms. The van der Waals surface area contributed by atoms with Gasteiger partial charge in [0.25, 0.3) is 0 Å². The van der Waals surface area contributed by atoms with Crippen molar-refractivity contribution in [3.05, 3.63) is 12.3 Å².